The van der Waals surface area contributed by atoms with Crippen molar-refractivity contribution in [1.82, 2.24) is 0 Å². The van der Waals surface area contributed by atoms with Crippen LogP contribution in [-0.4, -0.2) is 29.9 Å². The van der Waals surface area contributed by atoms with Crippen LogP contribution in [0.4, 0.5) is 4.79 Å². The molecule has 122 valence electrons. The van der Waals surface area contributed by atoms with Crippen LogP contribution in [0.25, 0.3) is 0 Å². The molecule has 22 heavy (non-hydrogen) atoms. The Morgan fingerprint density at radius 2 is 1.64 bits per heavy atom. The average molecular weight is 309 g/mol. The van der Waals surface area contributed by atoms with Gasteiger partial charge in [-0.15, -0.1) is 0 Å². The summed E-state index contributed by atoms with van der Waals surface area (Å²) in [5, 5.41) is 8.66. The van der Waals surface area contributed by atoms with Gasteiger partial charge in [0.25, 0.3) is 0 Å². The summed E-state index contributed by atoms with van der Waals surface area (Å²) in [6.07, 6.45) is -0.952. The van der Waals surface area contributed by atoms with Crippen molar-refractivity contribution in [2.75, 3.05) is 6.61 Å². The summed E-state index contributed by atoms with van der Waals surface area (Å²) in [4.78, 5) is 22.4. The highest BCUT2D eigenvalue weighted by Gasteiger charge is 2.20. The van der Waals surface area contributed by atoms with Gasteiger partial charge >= 0.3 is 12.1 Å². The number of carbonyl (C=O) groups excluding carboxylic acids is 1. The number of hydrogen-bond donors (Lipinski definition) is 2. The van der Waals surface area contributed by atoms with E-state index in [1.54, 1.807) is 0 Å². The lowest BCUT2D eigenvalue weighted by Crippen LogP contribution is -2.36. The molecule has 0 spiro atoms. The summed E-state index contributed by atoms with van der Waals surface area (Å²) in [5.74, 6) is -0.426. The Morgan fingerprint density at radius 1 is 1.14 bits per heavy atom. The number of ether oxygens (including phenoxy) is 2. The van der Waals surface area contributed by atoms with Crippen LogP contribution in [0, 0.1) is 0 Å². The molecule has 0 fully saturated rings. The first-order valence-electron chi connectivity index (χ1n) is 7.19. The van der Waals surface area contributed by atoms with E-state index in [0.717, 1.165) is 11.1 Å². The Kier molecular flexibility index (Phi) is 6.37. The zero-order chi connectivity index (χ0) is 16.9. The van der Waals surface area contributed by atoms with Gasteiger partial charge in [0.1, 0.15) is 18.4 Å². The SMILES string of the molecule is CC(C)c1cccc(C(C)C)c1OC(=O)OC[C@@H](N)C(=O)O. The van der Waals surface area contributed by atoms with E-state index in [9.17, 15) is 9.59 Å². The fraction of sp³-hybridized carbons (Fsp3) is 0.500. The van der Waals surface area contributed by atoms with Crippen molar-refractivity contribution in [3.63, 3.8) is 0 Å². The number of benzene rings is 1. The maximum Gasteiger partial charge on any atom is 0.513 e. The van der Waals surface area contributed by atoms with E-state index in [1.165, 1.54) is 0 Å². The number of carboxylic acids is 1. The van der Waals surface area contributed by atoms with Gasteiger partial charge in [0.05, 0.1) is 0 Å². The highest BCUT2D eigenvalue weighted by molar-refractivity contribution is 5.74. The predicted octanol–water partition coefficient (Wildman–Crippen LogP) is 2.86. The van der Waals surface area contributed by atoms with Gasteiger partial charge < -0.3 is 20.3 Å². The lowest BCUT2D eigenvalue weighted by atomic mass is 9.94. The number of aliphatic carboxylic acids is 1. The maximum atomic E-state index is 11.8. The molecule has 1 rings (SSSR count). The van der Waals surface area contributed by atoms with Crippen LogP contribution < -0.4 is 10.5 Å². The first-order valence-corrected chi connectivity index (χ1v) is 7.19. The molecular weight excluding hydrogens is 286 g/mol. The summed E-state index contributed by atoms with van der Waals surface area (Å²) >= 11 is 0. The Morgan fingerprint density at radius 3 is 2.05 bits per heavy atom. The molecule has 0 bridgehead atoms. The predicted molar refractivity (Wildman–Crippen MR) is 82.2 cm³/mol. The number of carboxylic acid groups (broad SMARTS) is 1. The zero-order valence-corrected chi connectivity index (χ0v) is 13.3. The molecule has 0 saturated heterocycles. The molecular formula is C16H23NO5. The molecule has 3 N–H and O–H groups in total. The third kappa shape index (κ3) is 4.73. The molecule has 0 aliphatic rings. The van der Waals surface area contributed by atoms with Crippen LogP contribution in [0.2, 0.25) is 0 Å². The molecule has 0 radical (unpaired) electrons. The lowest BCUT2D eigenvalue weighted by molar-refractivity contribution is -0.139. The van der Waals surface area contributed by atoms with E-state index in [0.29, 0.717) is 5.75 Å². The van der Waals surface area contributed by atoms with E-state index in [2.05, 4.69) is 0 Å². The van der Waals surface area contributed by atoms with Crippen LogP contribution >= 0.6 is 0 Å². The smallest absolute Gasteiger partial charge is 0.480 e. The van der Waals surface area contributed by atoms with Gasteiger partial charge in [-0.2, -0.15) is 0 Å². The highest BCUT2D eigenvalue weighted by Crippen LogP contribution is 2.34. The van der Waals surface area contributed by atoms with Crippen molar-refractivity contribution in [2.24, 2.45) is 5.73 Å². The van der Waals surface area contributed by atoms with Crippen molar-refractivity contribution in [3.8, 4) is 5.75 Å². The molecule has 0 aliphatic heterocycles. The number of carbonyl (C=O) groups is 2. The zero-order valence-electron chi connectivity index (χ0n) is 13.3. The van der Waals surface area contributed by atoms with E-state index in [1.807, 2.05) is 45.9 Å². The average Bonchev–Trinajstić information content (AvgIpc) is 2.44. The van der Waals surface area contributed by atoms with Crippen molar-refractivity contribution < 1.29 is 24.2 Å². The van der Waals surface area contributed by atoms with Gasteiger partial charge in [-0.05, 0) is 23.0 Å². The fourth-order valence-electron chi connectivity index (χ4n) is 1.94. The number of para-hydroxylation sites is 1. The fourth-order valence-corrected chi connectivity index (χ4v) is 1.94. The second kappa shape index (κ2) is 7.79. The Hall–Kier alpha value is -2.08. The molecule has 0 saturated carbocycles. The summed E-state index contributed by atoms with van der Waals surface area (Å²) in [6.45, 7) is 7.56. The van der Waals surface area contributed by atoms with Crippen molar-refractivity contribution in [1.29, 1.82) is 0 Å². The Balaban J connectivity index is 2.91. The number of hydrogen-bond acceptors (Lipinski definition) is 5. The molecule has 1 atom stereocenters. The van der Waals surface area contributed by atoms with Crippen LogP contribution in [0.1, 0.15) is 50.7 Å². The molecule has 0 unspecified atom stereocenters. The Labute approximate surface area is 130 Å². The van der Waals surface area contributed by atoms with Crippen LogP contribution in [-0.2, 0) is 9.53 Å². The van der Waals surface area contributed by atoms with Gasteiger partial charge in [0, 0.05) is 0 Å². The van der Waals surface area contributed by atoms with E-state index < -0.39 is 24.8 Å². The van der Waals surface area contributed by atoms with E-state index in [4.69, 9.17) is 20.3 Å². The van der Waals surface area contributed by atoms with Gasteiger partial charge in [-0.3, -0.25) is 4.79 Å². The minimum absolute atomic E-state index is 0.169. The van der Waals surface area contributed by atoms with E-state index >= 15 is 0 Å². The third-order valence-electron chi connectivity index (χ3n) is 3.20. The minimum atomic E-state index is -1.27. The summed E-state index contributed by atoms with van der Waals surface area (Å²) in [5.41, 5.74) is 7.07. The van der Waals surface area contributed by atoms with Crippen molar-refractivity contribution in [2.45, 2.75) is 45.6 Å². The number of rotatable bonds is 6. The summed E-state index contributed by atoms with van der Waals surface area (Å²) in [6, 6.07) is 4.44. The summed E-state index contributed by atoms with van der Waals surface area (Å²) < 4.78 is 10.1. The maximum absolute atomic E-state index is 11.8. The van der Waals surface area contributed by atoms with Gasteiger partial charge in [-0.1, -0.05) is 45.9 Å². The molecule has 1 aromatic carbocycles. The Bertz CT molecular complexity index is 513. The van der Waals surface area contributed by atoms with Crippen molar-refractivity contribution >= 4 is 12.1 Å². The lowest BCUT2D eigenvalue weighted by Gasteiger charge is -2.18. The standard InChI is InChI=1S/C16H23NO5/c1-9(2)11-6-5-7-12(10(3)4)14(11)22-16(20)21-8-13(17)15(18)19/h5-7,9-10,13H,8,17H2,1-4H3,(H,18,19)/t13-/m1/s1. The molecule has 0 aliphatic carbocycles. The van der Waals surface area contributed by atoms with Gasteiger partial charge in [-0.25, -0.2) is 4.79 Å². The second-order valence-electron chi connectivity index (χ2n) is 5.68. The van der Waals surface area contributed by atoms with Crippen LogP contribution in [0.15, 0.2) is 18.2 Å². The normalized spacial score (nSPS) is 12.3. The van der Waals surface area contributed by atoms with Gasteiger partial charge in [0.2, 0.25) is 0 Å². The van der Waals surface area contributed by atoms with Crippen LogP contribution in [0.5, 0.6) is 5.75 Å². The van der Waals surface area contributed by atoms with Crippen LogP contribution in [0.3, 0.4) is 0 Å². The second-order valence-corrected chi connectivity index (χ2v) is 5.68. The monoisotopic (exact) mass is 309 g/mol. The molecule has 1 aromatic rings. The number of nitrogens with two attached hydrogens (primary N) is 1. The molecule has 6 heteroatoms. The highest BCUT2D eigenvalue weighted by atomic mass is 16.7. The topological polar surface area (TPSA) is 98.9 Å². The molecule has 0 aromatic heterocycles. The summed E-state index contributed by atoms with van der Waals surface area (Å²) in [7, 11) is 0. The molecule has 0 amide bonds. The molecule has 6 nitrogen and oxygen atoms in total. The van der Waals surface area contributed by atoms with Gasteiger partial charge in [0.15, 0.2) is 0 Å². The molecule has 0 heterocycles. The first-order chi connectivity index (χ1) is 10.2. The first kappa shape index (κ1) is 18.0. The van der Waals surface area contributed by atoms with Crippen molar-refractivity contribution in [3.05, 3.63) is 29.3 Å². The minimum Gasteiger partial charge on any atom is -0.480 e. The van der Waals surface area contributed by atoms with E-state index in [-0.39, 0.29) is 11.8 Å². The largest absolute Gasteiger partial charge is 0.513 e. The quantitative estimate of drug-likeness (QED) is 0.619. The third-order valence-corrected chi connectivity index (χ3v) is 3.20.